The van der Waals surface area contributed by atoms with Crippen molar-refractivity contribution < 1.29 is 47.2 Å². The maximum Gasteiger partial charge on any atom is 0.466 e. The Labute approximate surface area is 181 Å². The van der Waals surface area contributed by atoms with Gasteiger partial charge in [-0.2, -0.15) is 8.42 Å². The normalized spacial score (nSPS) is 28.6. The van der Waals surface area contributed by atoms with Crippen LogP contribution in [0.15, 0.2) is 35.6 Å². The maximum atomic E-state index is 11.1. The van der Waals surface area contributed by atoms with Crippen LogP contribution in [-0.4, -0.2) is 87.0 Å². The number of rotatable bonds is 7. The number of nitrogens with zero attached hydrogens (tertiary/aromatic N) is 1. The van der Waals surface area contributed by atoms with Crippen LogP contribution in [0.2, 0.25) is 0 Å². The van der Waals surface area contributed by atoms with Crippen molar-refractivity contribution in [1.82, 2.24) is 4.98 Å². The van der Waals surface area contributed by atoms with E-state index in [1.807, 2.05) is 12.1 Å². The van der Waals surface area contributed by atoms with Crippen LogP contribution in [0, 0.1) is 0 Å². The van der Waals surface area contributed by atoms with E-state index in [0.29, 0.717) is 17.3 Å². The molecule has 1 saturated heterocycles. The maximum absolute atomic E-state index is 11.1. The molecule has 12 nitrogen and oxygen atoms in total. The second-order valence-corrected chi connectivity index (χ2v) is 8.78. The minimum Gasteiger partial charge on any atom is -0.394 e. The van der Waals surface area contributed by atoms with E-state index >= 15 is 0 Å². The standard InChI is InChI=1S/C17H22N2O10S2/c1-27-15(9-6-18-10-5-3-2-4-8(9)10)16(19-29-31(24,25)26)30-17-14(23)13(22)12(21)11(7-20)28-17/h2-6,11-15,17-18,20-23H,7H2,1H3,(H,24,25,26)/b19-16-/t11-,12-,13+,14-,15?,17+/m1/s1. The number of para-hydroxylation sites is 1. The molecule has 2 aromatic rings. The van der Waals surface area contributed by atoms with Gasteiger partial charge in [-0.3, -0.25) is 4.55 Å². The van der Waals surface area contributed by atoms with E-state index in [1.165, 1.54) is 7.11 Å². The van der Waals surface area contributed by atoms with E-state index in [1.54, 1.807) is 18.3 Å². The van der Waals surface area contributed by atoms with Gasteiger partial charge in [0, 0.05) is 29.8 Å². The molecule has 1 aliphatic rings. The number of aliphatic hydroxyl groups excluding tert-OH is 4. The predicted octanol–water partition coefficient (Wildman–Crippen LogP) is -0.479. The molecule has 1 aromatic carbocycles. The number of aromatic amines is 1. The summed E-state index contributed by atoms with van der Waals surface area (Å²) in [6, 6.07) is 7.18. The fraction of sp³-hybridized carbons (Fsp3) is 0.471. The fourth-order valence-electron chi connectivity index (χ4n) is 3.17. The molecule has 1 unspecified atom stereocenters. The number of aliphatic hydroxyl groups is 4. The van der Waals surface area contributed by atoms with Crippen LogP contribution in [-0.2, 0) is 24.2 Å². The number of benzene rings is 1. The lowest BCUT2D eigenvalue weighted by Gasteiger charge is -2.39. The average molecular weight is 479 g/mol. The zero-order valence-corrected chi connectivity index (χ0v) is 17.7. The van der Waals surface area contributed by atoms with E-state index in [0.717, 1.165) is 10.9 Å². The molecule has 1 fully saturated rings. The van der Waals surface area contributed by atoms with Gasteiger partial charge in [0.2, 0.25) is 0 Å². The van der Waals surface area contributed by atoms with E-state index < -0.39 is 53.0 Å². The first-order chi connectivity index (χ1) is 14.7. The van der Waals surface area contributed by atoms with Crippen LogP contribution in [0.4, 0.5) is 0 Å². The zero-order valence-electron chi connectivity index (χ0n) is 16.1. The van der Waals surface area contributed by atoms with Crippen LogP contribution in [0.1, 0.15) is 11.7 Å². The third kappa shape index (κ3) is 5.36. The molecule has 2 heterocycles. The number of fused-ring (bicyclic) bond motifs is 1. The van der Waals surface area contributed by atoms with Crippen molar-refractivity contribution >= 4 is 38.1 Å². The molecule has 0 saturated carbocycles. The summed E-state index contributed by atoms with van der Waals surface area (Å²) in [5, 5.41) is 43.6. The highest BCUT2D eigenvalue weighted by molar-refractivity contribution is 8.14. The quantitative estimate of drug-likeness (QED) is 0.130. The molecule has 6 atom stereocenters. The number of oxime groups is 1. The van der Waals surface area contributed by atoms with Gasteiger partial charge < -0.3 is 34.9 Å². The summed E-state index contributed by atoms with van der Waals surface area (Å²) in [6.07, 6.45) is -5.46. The van der Waals surface area contributed by atoms with E-state index in [4.69, 9.17) is 14.0 Å². The number of methoxy groups -OCH3 is 1. The van der Waals surface area contributed by atoms with Gasteiger partial charge >= 0.3 is 10.4 Å². The number of nitrogens with one attached hydrogen (secondary N) is 1. The lowest BCUT2D eigenvalue weighted by atomic mass is 10.0. The van der Waals surface area contributed by atoms with Crippen molar-refractivity contribution in [2.24, 2.45) is 5.16 Å². The van der Waals surface area contributed by atoms with Gasteiger partial charge in [0.25, 0.3) is 0 Å². The molecule has 6 N–H and O–H groups in total. The molecule has 0 bridgehead atoms. The van der Waals surface area contributed by atoms with Crippen LogP contribution >= 0.6 is 11.8 Å². The Morgan fingerprint density at radius 2 is 1.97 bits per heavy atom. The number of hydrogen-bond donors (Lipinski definition) is 6. The summed E-state index contributed by atoms with van der Waals surface area (Å²) < 4.78 is 46.2. The highest BCUT2D eigenvalue weighted by Gasteiger charge is 2.45. The van der Waals surface area contributed by atoms with E-state index in [-0.39, 0.29) is 5.04 Å². The first kappa shape index (κ1) is 23.9. The average Bonchev–Trinajstić information content (AvgIpc) is 3.16. The molecule has 1 aromatic heterocycles. The number of aromatic nitrogens is 1. The molecule has 1 aliphatic heterocycles. The van der Waals surface area contributed by atoms with Gasteiger partial charge in [-0.1, -0.05) is 35.1 Å². The summed E-state index contributed by atoms with van der Waals surface area (Å²) in [5.74, 6) is 0. The first-order valence-corrected chi connectivity index (χ1v) is 11.2. The van der Waals surface area contributed by atoms with Crippen molar-refractivity contribution in [1.29, 1.82) is 0 Å². The lowest BCUT2D eigenvalue weighted by molar-refractivity contribution is -0.205. The fourth-order valence-corrected chi connectivity index (χ4v) is 4.56. The molecule has 0 aliphatic carbocycles. The zero-order chi connectivity index (χ0) is 22.8. The Hall–Kier alpha value is -1.75. The van der Waals surface area contributed by atoms with E-state index in [9.17, 15) is 28.8 Å². The van der Waals surface area contributed by atoms with Crippen molar-refractivity contribution in [2.45, 2.75) is 36.0 Å². The molecular weight excluding hydrogens is 456 g/mol. The van der Waals surface area contributed by atoms with Gasteiger partial charge in [-0.25, -0.2) is 4.28 Å². The summed E-state index contributed by atoms with van der Waals surface area (Å²) in [5.41, 5.74) is 0.00229. The Kier molecular flexibility index (Phi) is 7.56. The second kappa shape index (κ2) is 9.81. The monoisotopic (exact) mass is 478 g/mol. The third-order valence-corrected chi connectivity index (χ3v) is 6.09. The largest absolute Gasteiger partial charge is 0.466 e. The Bertz CT molecular complexity index is 1020. The summed E-state index contributed by atoms with van der Waals surface area (Å²) in [7, 11) is -3.64. The molecule has 172 valence electrons. The van der Waals surface area contributed by atoms with Crippen molar-refractivity contribution in [3.05, 3.63) is 36.0 Å². The summed E-state index contributed by atoms with van der Waals surface area (Å²) in [4.78, 5) is 3.03. The Balaban J connectivity index is 1.97. The highest BCUT2D eigenvalue weighted by Crippen LogP contribution is 2.36. The Morgan fingerprint density at radius 3 is 2.61 bits per heavy atom. The van der Waals surface area contributed by atoms with E-state index in [2.05, 4.69) is 14.4 Å². The van der Waals surface area contributed by atoms with Crippen LogP contribution in [0.25, 0.3) is 10.9 Å². The molecule has 31 heavy (non-hydrogen) atoms. The minimum absolute atomic E-state index is 0.186. The van der Waals surface area contributed by atoms with Crippen molar-refractivity contribution in [3.8, 4) is 0 Å². The van der Waals surface area contributed by atoms with Crippen LogP contribution < -0.4 is 0 Å². The molecule has 0 radical (unpaired) electrons. The van der Waals surface area contributed by atoms with Crippen LogP contribution in [0.5, 0.6) is 0 Å². The molecule has 0 amide bonds. The lowest BCUT2D eigenvalue weighted by Crippen LogP contribution is -2.57. The molecule has 0 spiro atoms. The van der Waals surface area contributed by atoms with Gasteiger partial charge in [-0.05, 0) is 6.07 Å². The first-order valence-electron chi connectivity index (χ1n) is 8.96. The third-order valence-electron chi connectivity index (χ3n) is 4.67. The molecular formula is C17H22N2O10S2. The van der Waals surface area contributed by atoms with Gasteiger partial charge in [0.1, 0.15) is 36.0 Å². The van der Waals surface area contributed by atoms with Gasteiger partial charge in [-0.15, -0.1) is 0 Å². The van der Waals surface area contributed by atoms with Crippen molar-refractivity contribution in [2.75, 3.05) is 13.7 Å². The van der Waals surface area contributed by atoms with Crippen molar-refractivity contribution in [3.63, 3.8) is 0 Å². The Morgan fingerprint density at radius 1 is 1.26 bits per heavy atom. The summed E-state index contributed by atoms with van der Waals surface area (Å²) >= 11 is 0.635. The number of hydrogen-bond acceptors (Lipinski definition) is 11. The second-order valence-electron chi connectivity index (χ2n) is 6.65. The SMILES string of the molecule is COC(/C(=N/OS(=O)(=O)O)S[C@@H]1O[C@H](CO)[C@@H](O)[C@H](O)[C@H]1O)c1c[nH]c2ccccc12. The highest BCUT2D eigenvalue weighted by atomic mass is 32.3. The topological polar surface area (TPSA) is 191 Å². The predicted molar refractivity (Wildman–Crippen MR) is 109 cm³/mol. The van der Waals surface area contributed by atoms with Gasteiger partial charge in [0.05, 0.1) is 6.61 Å². The number of H-pyrrole nitrogens is 1. The number of ether oxygens (including phenoxy) is 2. The summed E-state index contributed by atoms with van der Waals surface area (Å²) in [6.45, 7) is -0.647. The molecule has 14 heteroatoms. The molecule has 3 rings (SSSR count). The minimum atomic E-state index is -4.96. The van der Waals surface area contributed by atoms with Crippen LogP contribution in [0.3, 0.4) is 0 Å². The smallest absolute Gasteiger partial charge is 0.394 e. The van der Waals surface area contributed by atoms with Gasteiger partial charge in [0.15, 0.2) is 5.04 Å². The number of thioether (sulfide) groups is 1.